The van der Waals surface area contributed by atoms with E-state index in [1.54, 1.807) is 49.9 Å². The molecule has 0 atom stereocenters. The largest absolute Gasteiger partial charge is 0.493 e. The number of ether oxygens (including phenoxy) is 3. The molecule has 1 heterocycles. The van der Waals surface area contributed by atoms with Crippen molar-refractivity contribution in [3.63, 3.8) is 0 Å². The molecule has 1 aromatic heterocycles. The van der Waals surface area contributed by atoms with Crippen molar-refractivity contribution in [1.82, 2.24) is 4.98 Å². The van der Waals surface area contributed by atoms with Crippen molar-refractivity contribution < 1.29 is 19.0 Å². The normalized spacial score (nSPS) is 10.2. The lowest BCUT2D eigenvalue weighted by atomic mass is 10.2. The number of aromatic nitrogens is 1. The van der Waals surface area contributed by atoms with Gasteiger partial charge in [-0.1, -0.05) is 18.2 Å². The van der Waals surface area contributed by atoms with Crippen LogP contribution >= 0.6 is 11.3 Å². The standard InChI is InChI=1S/C18H15NO4S/c1-21-15-9-8-12(10-16(15)22-2)17-19-14(11-24-17)18(20)23-13-6-4-3-5-7-13/h3-11H,1-2H3. The molecule has 0 bridgehead atoms. The Hall–Kier alpha value is -2.86. The van der Waals surface area contributed by atoms with Crippen LogP contribution in [0.1, 0.15) is 10.5 Å². The predicted molar refractivity (Wildman–Crippen MR) is 92.1 cm³/mol. The highest BCUT2D eigenvalue weighted by Crippen LogP contribution is 2.33. The molecule has 122 valence electrons. The highest BCUT2D eigenvalue weighted by atomic mass is 32.1. The molecule has 0 radical (unpaired) electrons. The molecule has 0 unspecified atom stereocenters. The summed E-state index contributed by atoms with van der Waals surface area (Å²) in [6.45, 7) is 0. The van der Waals surface area contributed by atoms with Gasteiger partial charge in [0.25, 0.3) is 0 Å². The molecule has 0 N–H and O–H groups in total. The third-order valence-corrected chi connectivity index (χ3v) is 4.19. The van der Waals surface area contributed by atoms with Gasteiger partial charge in [0.05, 0.1) is 14.2 Å². The highest BCUT2D eigenvalue weighted by Gasteiger charge is 2.15. The molecule has 0 amide bonds. The molecule has 0 aliphatic rings. The van der Waals surface area contributed by atoms with Crippen LogP contribution in [0.3, 0.4) is 0 Å². The Morgan fingerprint density at radius 3 is 2.46 bits per heavy atom. The highest BCUT2D eigenvalue weighted by molar-refractivity contribution is 7.13. The number of nitrogens with zero attached hydrogens (tertiary/aromatic N) is 1. The Kier molecular flexibility index (Phi) is 4.77. The molecule has 0 saturated heterocycles. The van der Waals surface area contributed by atoms with Crippen molar-refractivity contribution in [2.24, 2.45) is 0 Å². The van der Waals surface area contributed by atoms with Gasteiger partial charge in [-0.2, -0.15) is 0 Å². The van der Waals surface area contributed by atoms with Gasteiger partial charge in [-0.25, -0.2) is 9.78 Å². The first-order valence-corrected chi connectivity index (χ1v) is 8.04. The fourth-order valence-corrected chi connectivity index (χ4v) is 2.90. The number of thiazole rings is 1. The molecule has 3 rings (SSSR count). The van der Waals surface area contributed by atoms with Gasteiger partial charge in [-0.3, -0.25) is 0 Å². The van der Waals surface area contributed by atoms with Gasteiger partial charge < -0.3 is 14.2 Å². The Bertz CT molecular complexity index is 845. The summed E-state index contributed by atoms with van der Waals surface area (Å²) < 4.78 is 15.8. The van der Waals surface area contributed by atoms with E-state index in [-0.39, 0.29) is 5.69 Å². The van der Waals surface area contributed by atoms with E-state index >= 15 is 0 Å². The van der Waals surface area contributed by atoms with Crippen molar-refractivity contribution in [2.75, 3.05) is 14.2 Å². The zero-order valence-corrected chi connectivity index (χ0v) is 14.0. The number of rotatable bonds is 5. The first kappa shape index (κ1) is 16.0. The maximum Gasteiger partial charge on any atom is 0.363 e. The molecule has 0 aliphatic carbocycles. The van der Waals surface area contributed by atoms with Gasteiger partial charge in [-0.05, 0) is 30.3 Å². The van der Waals surface area contributed by atoms with E-state index in [9.17, 15) is 4.79 Å². The second-order valence-electron chi connectivity index (χ2n) is 4.81. The molecular weight excluding hydrogens is 326 g/mol. The fraction of sp³-hybridized carbons (Fsp3) is 0.111. The molecule has 3 aromatic rings. The summed E-state index contributed by atoms with van der Waals surface area (Å²) in [5, 5.41) is 2.38. The minimum absolute atomic E-state index is 0.272. The van der Waals surface area contributed by atoms with E-state index in [1.807, 2.05) is 18.2 Å². The lowest BCUT2D eigenvalue weighted by molar-refractivity contribution is 0.0729. The second-order valence-corrected chi connectivity index (χ2v) is 5.67. The maximum atomic E-state index is 12.2. The quantitative estimate of drug-likeness (QED) is 0.518. The molecule has 24 heavy (non-hydrogen) atoms. The molecule has 6 heteroatoms. The molecule has 0 fully saturated rings. The van der Waals surface area contributed by atoms with Crippen LogP contribution < -0.4 is 14.2 Å². The number of hydrogen-bond donors (Lipinski definition) is 0. The number of methoxy groups -OCH3 is 2. The van der Waals surface area contributed by atoms with E-state index < -0.39 is 5.97 Å². The summed E-state index contributed by atoms with van der Waals surface area (Å²) in [4.78, 5) is 16.5. The zero-order valence-electron chi connectivity index (χ0n) is 13.2. The Balaban J connectivity index is 1.81. The lowest BCUT2D eigenvalue weighted by Crippen LogP contribution is -2.08. The van der Waals surface area contributed by atoms with Gasteiger partial charge >= 0.3 is 5.97 Å². The van der Waals surface area contributed by atoms with Crippen LogP contribution in [0, 0.1) is 0 Å². The van der Waals surface area contributed by atoms with Gasteiger partial charge in [0.15, 0.2) is 17.2 Å². The van der Waals surface area contributed by atoms with Crippen molar-refractivity contribution in [2.45, 2.75) is 0 Å². The Morgan fingerprint density at radius 2 is 1.75 bits per heavy atom. The lowest BCUT2D eigenvalue weighted by Gasteiger charge is -2.08. The van der Waals surface area contributed by atoms with E-state index in [0.717, 1.165) is 5.56 Å². The Labute approximate surface area is 143 Å². The number of hydrogen-bond acceptors (Lipinski definition) is 6. The third-order valence-electron chi connectivity index (χ3n) is 3.30. The topological polar surface area (TPSA) is 57.7 Å². The number of carbonyl (C=O) groups is 1. The molecule has 0 aliphatic heterocycles. The minimum Gasteiger partial charge on any atom is -0.493 e. The van der Waals surface area contributed by atoms with Gasteiger partial charge in [0.1, 0.15) is 10.8 Å². The van der Waals surface area contributed by atoms with Crippen molar-refractivity contribution in [3.05, 3.63) is 59.6 Å². The van der Waals surface area contributed by atoms with Crippen LogP contribution in [-0.2, 0) is 0 Å². The summed E-state index contributed by atoms with van der Waals surface area (Å²) in [5.74, 6) is 1.26. The first-order valence-electron chi connectivity index (χ1n) is 7.16. The van der Waals surface area contributed by atoms with E-state index in [1.165, 1.54) is 11.3 Å². The van der Waals surface area contributed by atoms with Crippen molar-refractivity contribution in [3.8, 4) is 27.8 Å². The average molecular weight is 341 g/mol. The van der Waals surface area contributed by atoms with E-state index in [0.29, 0.717) is 22.3 Å². The van der Waals surface area contributed by atoms with Crippen LogP contribution in [0.4, 0.5) is 0 Å². The average Bonchev–Trinajstić information content (AvgIpc) is 3.12. The summed E-state index contributed by atoms with van der Waals surface area (Å²) in [6, 6.07) is 14.4. The van der Waals surface area contributed by atoms with Crippen LogP contribution in [0.25, 0.3) is 10.6 Å². The monoisotopic (exact) mass is 341 g/mol. The molecular formula is C18H15NO4S. The molecule has 0 saturated carbocycles. The van der Waals surface area contributed by atoms with Crippen LogP contribution in [0.2, 0.25) is 0 Å². The zero-order chi connectivity index (χ0) is 16.9. The molecule has 5 nitrogen and oxygen atoms in total. The van der Waals surface area contributed by atoms with Gasteiger partial charge in [-0.15, -0.1) is 11.3 Å². The maximum absolute atomic E-state index is 12.2. The third kappa shape index (κ3) is 3.38. The van der Waals surface area contributed by atoms with Gasteiger partial charge in [0, 0.05) is 10.9 Å². The van der Waals surface area contributed by atoms with Crippen molar-refractivity contribution >= 4 is 17.3 Å². The number of esters is 1. The molecule has 2 aromatic carbocycles. The summed E-state index contributed by atoms with van der Waals surface area (Å²) >= 11 is 1.37. The van der Waals surface area contributed by atoms with Crippen LogP contribution in [-0.4, -0.2) is 25.2 Å². The van der Waals surface area contributed by atoms with Crippen molar-refractivity contribution in [1.29, 1.82) is 0 Å². The number of carbonyl (C=O) groups excluding carboxylic acids is 1. The summed E-state index contributed by atoms with van der Waals surface area (Å²) in [5.41, 5.74) is 1.12. The summed E-state index contributed by atoms with van der Waals surface area (Å²) in [7, 11) is 3.16. The fourth-order valence-electron chi connectivity index (χ4n) is 2.12. The predicted octanol–water partition coefficient (Wildman–Crippen LogP) is 4.05. The Morgan fingerprint density at radius 1 is 1.00 bits per heavy atom. The summed E-state index contributed by atoms with van der Waals surface area (Å²) in [6.07, 6.45) is 0. The minimum atomic E-state index is -0.482. The van der Waals surface area contributed by atoms with E-state index in [4.69, 9.17) is 14.2 Å². The molecule has 0 spiro atoms. The number of para-hydroxylation sites is 1. The SMILES string of the molecule is COc1ccc(-c2nc(C(=O)Oc3ccccc3)cs2)cc1OC. The second kappa shape index (κ2) is 7.14. The van der Waals surface area contributed by atoms with Gasteiger partial charge in [0.2, 0.25) is 0 Å². The first-order chi connectivity index (χ1) is 11.7. The van der Waals surface area contributed by atoms with Crippen LogP contribution in [0.5, 0.6) is 17.2 Å². The van der Waals surface area contributed by atoms with Crippen LogP contribution in [0.15, 0.2) is 53.9 Å². The van der Waals surface area contributed by atoms with E-state index in [2.05, 4.69) is 4.98 Å². The smallest absolute Gasteiger partial charge is 0.363 e. The number of benzene rings is 2.